The fraction of sp³-hybridized carbons (Fsp3) is 0.381. The molecule has 1 saturated heterocycles. The van der Waals surface area contributed by atoms with Crippen molar-refractivity contribution >= 4 is 26.8 Å². The highest BCUT2D eigenvalue weighted by Crippen LogP contribution is 2.24. The molecule has 1 atom stereocenters. The number of amides is 1. The summed E-state index contributed by atoms with van der Waals surface area (Å²) in [5.41, 5.74) is 2.12. The maximum Gasteiger partial charge on any atom is 0.275 e. The third kappa shape index (κ3) is 4.08. The van der Waals surface area contributed by atoms with E-state index in [1.807, 2.05) is 37.4 Å². The van der Waals surface area contributed by atoms with Gasteiger partial charge >= 0.3 is 0 Å². The van der Waals surface area contributed by atoms with E-state index in [0.29, 0.717) is 25.2 Å². The highest BCUT2D eigenvalue weighted by atomic mass is 32.2. The summed E-state index contributed by atoms with van der Waals surface area (Å²) in [6.45, 7) is 1.17. The van der Waals surface area contributed by atoms with Crippen LogP contribution in [0.25, 0.3) is 10.9 Å². The fourth-order valence-electron chi connectivity index (χ4n) is 4.08. The van der Waals surface area contributed by atoms with Gasteiger partial charge < -0.3 is 4.90 Å². The summed E-state index contributed by atoms with van der Waals surface area (Å²) in [7, 11) is -1.64. The first-order valence-corrected chi connectivity index (χ1v) is 11.8. The molecule has 1 aromatic carbocycles. The number of nitrogens with zero attached hydrogens (tertiary/aromatic N) is 5. The topological polar surface area (TPSA) is 88.4 Å². The van der Waals surface area contributed by atoms with Gasteiger partial charge in [-0.3, -0.25) is 14.5 Å². The second-order valence-corrected chi connectivity index (χ2v) is 9.64. The van der Waals surface area contributed by atoms with Gasteiger partial charge in [0, 0.05) is 50.5 Å². The van der Waals surface area contributed by atoms with Crippen LogP contribution in [0, 0.1) is 0 Å². The van der Waals surface area contributed by atoms with Crippen molar-refractivity contribution in [3.63, 3.8) is 0 Å². The predicted octanol–water partition coefficient (Wildman–Crippen LogP) is 2.03. The summed E-state index contributed by atoms with van der Waals surface area (Å²) in [5, 5.41) is 5.24. The van der Waals surface area contributed by atoms with Crippen LogP contribution in [0.15, 0.2) is 48.8 Å². The molecular formula is C21H25N5O3S. The number of aryl methyl sites for hydroxylation is 1. The molecule has 1 unspecified atom stereocenters. The third-order valence-electron chi connectivity index (χ3n) is 5.54. The molecule has 1 amide bonds. The van der Waals surface area contributed by atoms with Crippen LogP contribution in [0.4, 0.5) is 0 Å². The quantitative estimate of drug-likeness (QED) is 0.622. The number of likely N-dealkylation sites (tertiary alicyclic amines) is 1. The summed E-state index contributed by atoms with van der Waals surface area (Å²) in [5.74, 6) is -0.161. The molecule has 1 aliphatic heterocycles. The van der Waals surface area contributed by atoms with Crippen molar-refractivity contribution in [1.29, 1.82) is 0 Å². The molecule has 0 radical (unpaired) electrons. The standard InChI is InChI=1S/C21H25N5O3S/c1-24-19-10-4-3-9-18(19)20(23-24)21(27)25-12-6-8-17(15-25)26(30(2,28)29)14-16-7-5-11-22-13-16/h3-5,7,9-11,13,17H,6,8,12,14-15H2,1-2H3. The minimum atomic E-state index is -3.46. The van der Waals surface area contributed by atoms with Gasteiger partial charge in [-0.2, -0.15) is 9.40 Å². The number of piperidine rings is 1. The maximum absolute atomic E-state index is 13.3. The van der Waals surface area contributed by atoms with Crippen LogP contribution in [0.5, 0.6) is 0 Å². The Kier molecular flexibility index (Phi) is 5.57. The molecular weight excluding hydrogens is 402 g/mol. The number of sulfonamides is 1. The average Bonchev–Trinajstić information content (AvgIpc) is 3.08. The summed E-state index contributed by atoms with van der Waals surface area (Å²) >= 11 is 0. The van der Waals surface area contributed by atoms with Crippen LogP contribution in [-0.4, -0.2) is 63.7 Å². The molecule has 0 spiro atoms. The van der Waals surface area contributed by atoms with E-state index in [1.165, 1.54) is 10.6 Å². The van der Waals surface area contributed by atoms with E-state index in [4.69, 9.17) is 0 Å². The van der Waals surface area contributed by atoms with Crippen molar-refractivity contribution in [3.05, 3.63) is 60.0 Å². The Balaban J connectivity index is 1.59. The Morgan fingerprint density at radius 1 is 1.23 bits per heavy atom. The summed E-state index contributed by atoms with van der Waals surface area (Å²) in [6, 6.07) is 11.0. The monoisotopic (exact) mass is 427 g/mol. The Bertz CT molecular complexity index is 1160. The van der Waals surface area contributed by atoms with Crippen LogP contribution in [0.2, 0.25) is 0 Å². The summed E-state index contributed by atoms with van der Waals surface area (Å²) in [6.07, 6.45) is 5.99. The maximum atomic E-state index is 13.3. The van der Waals surface area contributed by atoms with Crippen LogP contribution in [0.3, 0.4) is 0 Å². The van der Waals surface area contributed by atoms with Gasteiger partial charge in [0.1, 0.15) is 0 Å². The van der Waals surface area contributed by atoms with Crippen LogP contribution in [-0.2, 0) is 23.6 Å². The second-order valence-electron chi connectivity index (χ2n) is 7.71. The molecule has 0 bridgehead atoms. The van der Waals surface area contributed by atoms with Crippen molar-refractivity contribution in [1.82, 2.24) is 24.0 Å². The number of benzene rings is 1. The van der Waals surface area contributed by atoms with Gasteiger partial charge in [-0.25, -0.2) is 8.42 Å². The number of fused-ring (bicyclic) bond motifs is 1. The largest absolute Gasteiger partial charge is 0.336 e. The summed E-state index contributed by atoms with van der Waals surface area (Å²) < 4.78 is 28.3. The Labute approximate surface area is 176 Å². The number of hydrogen-bond acceptors (Lipinski definition) is 5. The molecule has 30 heavy (non-hydrogen) atoms. The van der Waals surface area contributed by atoms with Crippen molar-refractivity contribution in [2.75, 3.05) is 19.3 Å². The number of pyridine rings is 1. The second kappa shape index (κ2) is 8.16. The first-order valence-electron chi connectivity index (χ1n) is 9.91. The lowest BCUT2D eigenvalue weighted by molar-refractivity contribution is 0.0646. The smallest absolute Gasteiger partial charge is 0.275 e. The number of para-hydroxylation sites is 1. The van der Waals surface area contributed by atoms with Crippen LogP contribution >= 0.6 is 0 Å². The average molecular weight is 428 g/mol. The molecule has 8 nitrogen and oxygen atoms in total. The predicted molar refractivity (Wildman–Crippen MR) is 114 cm³/mol. The SMILES string of the molecule is Cn1nc(C(=O)N2CCCC(N(Cc3cccnc3)S(C)(=O)=O)C2)c2ccccc21. The first kappa shape index (κ1) is 20.5. The van der Waals surface area contributed by atoms with Crippen molar-refractivity contribution in [2.24, 2.45) is 7.05 Å². The van der Waals surface area contributed by atoms with Gasteiger partial charge in [0.15, 0.2) is 5.69 Å². The van der Waals surface area contributed by atoms with Gasteiger partial charge in [-0.1, -0.05) is 24.3 Å². The zero-order valence-corrected chi connectivity index (χ0v) is 17.9. The highest BCUT2D eigenvalue weighted by molar-refractivity contribution is 7.88. The number of carbonyl (C=O) groups excluding carboxylic acids is 1. The normalized spacial score (nSPS) is 17.6. The molecule has 3 heterocycles. The van der Waals surface area contributed by atoms with Gasteiger partial charge in [0.25, 0.3) is 5.91 Å². The molecule has 3 aromatic rings. The van der Waals surface area contributed by atoms with E-state index in [0.717, 1.165) is 22.9 Å². The molecule has 0 aliphatic carbocycles. The highest BCUT2D eigenvalue weighted by Gasteiger charge is 2.34. The minimum Gasteiger partial charge on any atom is -0.336 e. The van der Waals surface area contributed by atoms with Crippen molar-refractivity contribution in [2.45, 2.75) is 25.4 Å². The van der Waals surface area contributed by atoms with Crippen molar-refractivity contribution < 1.29 is 13.2 Å². The minimum absolute atomic E-state index is 0.161. The zero-order chi connectivity index (χ0) is 21.3. The molecule has 0 N–H and O–H groups in total. The molecule has 0 saturated carbocycles. The fourth-order valence-corrected chi connectivity index (χ4v) is 5.18. The van der Waals surface area contributed by atoms with E-state index in [2.05, 4.69) is 10.1 Å². The van der Waals surface area contributed by atoms with E-state index in [-0.39, 0.29) is 18.5 Å². The lowest BCUT2D eigenvalue weighted by atomic mass is 10.0. The molecule has 1 fully saturated rings. The van der Waals surface area contributed by atoms with E-state index < -0.39 is 10.0 Å². The van der Waals surface area contributed by atoms with Gasteiger partial charge in [-0.15, -0.1) is 0 Å². The number of aromatic nitrogens is 3. The molecule has 4 rings (SSSR count). The lowest BCUT2D eigenvalue weighted by Gasteiger charge is -2.38. The first-order chi connectivity index (χ1) is 14.3. The van der Waals surface area contributed by atoms with Gasteiger partial charge in [0.05, 0.1) is 11.8 Å². The molecule has 2 aromatic heterocycles. The van der Waals surface area contributed by atoms with Crippen molar-refractivity contribution in [3.8, 4) is 0 Å². The Hall–Kier alpha value is -2.78. The number of rotatable bonds is 5. The van der Waals surface area contributed by atoms with Crippen LogP contribution < -0.4 is 0 Å². The summed E-state index contributed by atoms with van der Waals surface area (Å²) in [4.78, 5) is 19.1. The Morgan fingerprint density at radius 2 is 2.03 bits per heavy atom. The van der Waals surface area contributed by atoms with Gasteiger partial charge in [-0.05, 0) is 30.5 Å². The van der Waals surface area contributed by atoms with E-state index in [1.54, 1.807) is 28.0 Å². The molecule has 1 aliphatic rings. The van der Waals surface area contributed by atoms with Crippen LogP contribution in [0.1, 0.15) is 28.9 Å². The third-order valence-corrected chi connectivity index (χ3v) is 6.82. The zero-order valence-electron chi connectivity index (χ0n) is 17.1. The number of carbonyl (C=O) groups is 1. The molecule has 9 heteroatoms. The number of hydrogen-bond donors (Lipinski definition) is 0. The van der Waals surface area contributed by atoms with E-state index >= 15 is 0 Å². The molecule has 158 valence electrons. The van der Waals surface area contributed by atoms with Gasteiger partial charge in [0.2, 0.25) is 10.0 Å². The Morgan fingerprint density at radius 3 is 2.77 bits per heavy atom. The van der Waals surface area contributed by atoms with E-state index in [9.17, 15) is 13.2 Å². The lowest BCUT2D eigenvalue weighted by Crippen LogP contribution is -2.51.